The van der Waals surface area contributed by atoms with Crippen LogP contribution in [0.25, 0.3) is 0 Å². The zero-order valence-electron chi connectivity index (χ0n) is 15.8. The van der Waals surface area contributed by atoms with Crippen molar-refractivity contribution in [2.24, 2.45) is 11.8 Å². The third kappa shape index (κ3) is 4.04. The van der Waals surface area contributed by atoms with E-state index in [9.17, 15) is 19.2 Å². The van der Waals surface area contributed by atoms with Crippen LogP contribution in [0.5, 0.6) is 0 Å². The summed E-state index contributed by atoms with van der Waals surface area (Å²) in [5, 5.41) is 3.15. The average Bonchev–Trinajstić information content (AvgIpc) is 2.93. The maximum atomic E-state index is 12.6. The summed E-state index contributed by atoms with van der Waals surface area (Å²) < 4.78 is 5.21. The number of imide groups is 1. The number of carbonyl (C=O) groups excluding carboxylic acids is 4. The first kappa shape index (κ1) is 20.3. The molecule has 7 nitrogen and oxygen atoms in total. The summed E-state index contributed by atoms with van der Waals surface area (Å²) in [6, 6.07) is 5.44. The minimum atomic E-state index is -1.08. The van der Waals surface area contributed by atoms with Gasteiger partial charge in [-0.3, -0.25) is 19.3 Å². The Labute approximate surface area is 168 Å². The lowest BCUT2D eigenvalue weighted by Crippen LogP contribution is -2.46. The number of benzene rings is 1. The third-order valence-electron chi connectivity index (χ3n) is 5.38. The first-order valence-corrected chi connectivity index (χ1v) is 9.81. The van der Waals surface area contributed by atoms with Crippen LogP contribution in [0, 0.1) is 11.8 Å². The molecule has 3 rings (SSSR count). The van der Waals surface area contributed by atoms with Gasteiger partial charge in [0.1, 0.15) is 6.04 Å². The maximum absolute atomic E-state index is 12.6. The van der Waals surface area contributed by atoms with Crippen LogP contribution >= 0.6 is 11.6 Å². The van der Waals surface area contributed by atoms with Gasteiger partial charge in [-0.05, 0) is 51.0 Å². The van der Waals surface area contributed by atoms with E-state index in [1.165, 1.54) is 13.8 Å². The predicted octanol–water partition coefficient (Wildman–Crippen LogP) is 2.77. The number of fused-ring (bicyclic) bond motifs is 1. The number of ether oxygens (including phenoxy) is 1. The molecule has 1 aromatic carbocycles. The number of anilines is 1. The van der Waals surface area contributed by atoms with Crippen molar-refractivity contribution in [1.29, 1.82) is 0 Å². The lowest BCUT2D eigenvalue weighted by molar-refractivity contribution is -0.163. The second-order valence-electron chi connectivity index (χ2n) is 7.30. The second kappa shape index (κ2) is 8.31. The molecule has 1 saturated heterocycles. The molecule has 1 saturated carbocycles. The van der Waals surface area contributed by atoms with Crippen molar-refractivity contribution >= 4 is 41.0 Å². The molecule has 0 spiro atoms. The number of esters is 1. The maximum Gasteiger partial charge on any atom is 0.329 e. The van der Waals surface area contributed by atoms with E-state index in [2.05, 4.69) is 5.32 Å². The summed E-state index contributed by atoms with van der Waals surface area (Å²) in [7, 11) is 0. The Morgan fingerprint density at radius 2 is 1.61 bits per heavy atom. The van der Waals surface area contributed by atoms with Gasteiger partial charge in [0.05, 0.1) is 11.8 Å². The number of nitrogens with one attached hydrogen (secondary N) is 1. The molecule has 28 heavy (non-hydrogen) atoms. The van der Waals surface area contributed by atoms with Crippen molar-refractivity contribution in [3.63, 3.8) is 0 Å². The standard InChI is InChI=1S/C20H23ClN2O5/c1-11(23-18(25)15-5-3-4-6-16(15)19(23)26)20(27)28-12(2)17(24)22-14-9-7-13(21)8-10-14/h7-12,15-16H,3-6H2,1-2H3,(H,22,24)/t11-,12+,15-,16+/m0/s1. The van der Waals surface area contributed by atoms with E-state index >= 15 is 0 Å². The van der Waals surface area contributed by atoms with Gasteiger partial charge in [0, 0.05) is 10.7 Å². The molecular formula is C20H23ClN2O5. The van der Waals surface area contributed by atoms with Crippen LogP contribution in [0.2, 0.25) is 5.02 Å². The lowest BCUT2D eigenvalue weighted by Gasteiger charge is -2.23. The number of amides is 3. The Balaban J connectivity index is 1.60. The van der Waals surface area contributed by atoms with Crippen molar-refractivity contribution in [3.05, 3.63) is 29.3 Å². The Kier molecular flexibility index (Phi) is 6.03. The Morgan fingerprint density at radius 3 is 2.14 bits per heavy atom. The van der Waals surface area contributed by atoms with Crippen molar-refractivity contribution in [3.8, 4) is 0 Å². The molecule has 0 unspecified atom stereocenters. The van der Waals surface area contributed by atoms with Crippen molar-refractivity contribution in [1.82, 2.24) is 4.90 Å². The first-order valence-electron chi connectivity index (χ1n) is 9.43. The van der Waals surface area contributed by atoms with Crippen LogP contribution in [0.1, 0.15) is 39.5 Å². The number of carbonyl (C=O) groups is 4. The predicted molar refractivity (Wildman–Crippen MR) is 102 cm³/mol. The molecule has 1 aliphatic heterocycles. The fourth-order valence-electron chi connectivity index (χ4n) is 3.78. The number of rotatable bonds is 5. The quantitative estimate of drug-likeness (QED) is 0.599. The highest BCUT2D eigenvalue weighted by Gasteiger charge is 2.51. The van der Waals surface area contributed by atoms with E-state index < -0.39 is 24.0 Å². The Morgan fingerprint density at radius 1 is 1.07 bits per heavy atom. The Hall–Kier alpha value is -2.41. The molecule has 1 heterocycles. The van der Waals surface area contributed by atoms with Gasteiger partial charge in [-0.2, -0.15) is 0 Å². The average molecular weight is 407 g/mol. The normalized spacial score (nSPS) is 23.8. The van der Waals surface area contributed by atoms with Crippen molar-refractivity contribution in [2.75, 3.05) is 5.32 Å². The van der Waals surface area contributed by atoms with E-state index in [1.54, 1.807) is 24.3 Å². The highest BCUT2D eigenvalue weighted by atomic mass is 35.5. The SMILES string of the molecule is C[C@@H](OC(=O)[C@H](C)N1C(=O)[C@H]2CCCC[C@H]2C1=O)C(=O)Nc1ccc(Cl)cc1. The number of hydrogen-bond acceptors (Lipinski definition) is 5. The minimum Gasteiger partial charge on any atom is -0.451 e. The molecule has 1 N–H and O–H groups in total. The molecule has 2 aliphatic rings. The molecule has 8 heteroatoms. The summed E-state index contributed by atoms with van der Waals surface area (Å²) in [5.41, 5.74) is 0.513. The molecule has 0 radical (unpaired) electrons. The molecule has 0 bridgehead atoms. The van der Waals surface area contributed by atoms with Crippen LogP contribution in [0.3, 0.4) is 0 Å². The smallest absolute Gasteiger partial charge is 0.329 e. The number of nitrogens with zero attached hydrogens (tertiary/aromatic N) is 1. The van der Waals surface area contributed by atoms with E-state index in [-0.39, 0.29) is 23.7 Å². The summed E-state index contributed by atoms with van der Waals surface area (Å²) in [5.74, 6) is -2.58. The van der Waals surface area contributed by atoms with E-state index in [0.29, 0.717) is 23.6 Å². The summed E-state index contributed by atoms with van der Waals surface area (Å²) in [6.45, 7) is 2.89. The first-order chi connectivity index (χ1) is 13.3. The van der Waals surface area contributed by atoms with Gasteiger partial charge in [0.25, 0.3) is 5.91 Å². The summed E-state index contributed by atoms with van der Waals surface area (Å²) in [6.07, 6.45) is 2.09. The zero-order valence-corrected chi connectivity index (χ0v) is 16.6. The van der Waals surface area contributed by atoms with Gasteiger partial charge in [0.2, 0.25) is 11.8 Å². The number of likely N-dealkylation sites (tertiary alicyclic amines) is 1. The molecule has 0 aromatic heterocycles. The van der Waals surface area contributed by atoms with Gasteiger partial charge >= 0.3 is 5.97 Å². The van der Waals surface area contributed by atoms with Crippen LogP contribution in [-0.2, 0) is 23.9 Å². The van der Waals surface area contributed by atoms with Crippen molar-refractivity contribution < 1.29 is 23.9 Å². The van der Waals surface area contributed by atoms with Gasteiger partial charge in [-0.15, -0.1) is 0 Å². The monoisotopic (exact) mass is 406 g/mol. The molecule has 2 fully saturated rings. The van der Waals surface area contributed by atoms with Crippen LogP contribution in [0.15, 0.2) is 24.3 Å². The summed E-state index contributed by atoms with van der Waals surface area (Å²) in [4.78, 5) is 50.9. The second-order valence-corrected chi connectivity index (χ2v) is 7.73. The largest absolute Gasteiger partial charge is 0.451 e. The number of halogens is 1. The van der Waals surface area contributed by atoms with Gasteiger partial charge in [-0.25, -0.2) is 4.79 Å². The Bertz CT molecular complexity index is 770. The molecule has 1 aliphatic carbocycles. The van der Waals surface area contributed by atoms with Crippen LogP contribution in [0.4, 0.5) is 5.69 Å². The zero-order chi connectivity index (χ0) is 20.4. The highest BCUT2D eigenvalue weighted by Crippen LogP contribution is 2.38. The molecule has 4 atom stereocenters. The fraction of sp³-hybridized carbons (Fsp3) is 0.500. The third-order valence-corrected chi connectivity index (χ3v) is 5.63. The molecular weight excluding hydrogens is 384 g/mol. The number of hydrogen-bond donors (Lipinski definition) is 1. The molecule has 1 aromatic rings. The molecule has 150 valence electrons. The fourth-order valence-corrected chi connectivity index (χ4v) is 3.90. The lowest BCUT2D eigenvalue weighted by atomic mass is 9.81. The highest BCUT2D eigenvalue weighted by molar-refractivity contribution is 6.30. The molecule has 3 amide bonds. The van der Waals surface area contributed by atoms with Gasteiger partial charge < -0.3 is 10.1 Å². The van der Waals surface area contributed by atoms with Gasteiger partial charge in [-0.1, -0.05) is 24.4 Å². The van der Waals surface area contributed by atoms with Crippen LogP contribution < -0.4 is 5.32 Å². The topological polar surface area (TPSA) is 92.8 Å². The minimum absolute atomic E-state index is 0.308. The van der Waals surface area contributed by atoms with E-state index in [0.717, 1.165) is 17.7 Å². The van der Waals surface area contributed by atoms with Crippen molar-refractivity contribution in [2.45, 2.75) is 51.7 Å². The van der Waals surface area contributed by atoms with E-state index in [1.807, 2.05) is 0 Å². The van der Waals surface area contributed by atoms with Crippen LogP contribution in [-0.4, -0.2) is 40.7 Å². The summed E-state index contributed by atoms with van der Waals surface area (Å²) >= 11 is 5.80. The van der Waals surface area contributed by atoms with E-state index in [4.69, 9.17) is 16.3 Å². The van der Waals surface area contributed by atoms with Gasteiger partial charge in [0.15, 0.2) is 6.10 Å².